The second-order valence-electron chi connectivity index (χ2n) is 2.18. The largest absolute Gasteiger partial charge is 0.447 e. The summed E-state index contributed by atoms with van der Waals surface area (Å²) in [5.74, 6) is 3.36. The van der Waals surface area contributed by atoms with Crippen LogP contribution < -0.4 is 0 Å². The Bertz CT molecular complexity index is 244. The third-order valence-corrected chi connectivity index (χ3v) is 2.45. The van der Waals surface area contributed by atoms with Crippen molar-refractivity contribution in [2.24, 2.45) is 0 Å². The van der Waals surface area contributed by atoms with Crippen LogP contribution in [0.5, 0.6) is 0 Å². The molecule has 1 aliphatic heterocycles. The molecule has 10 heavy (non-hydrogen) atoms. The number of hydrogen-bond acceptors (Lipinski definition) is 3. The van der Waals surface area contributed by atoms with E-state index in [0.717, 1.165) is 4.31 Å². The second kappa shape index (κ2) is 2.16. The molecular weight excluding hydrogens is 154 g/mol. The number of hydrogen-bond donors (Lipinski definition) is 0. The van der Waals surface area contributed by atoms with E-state index in [4.69, 9.17) is 0 Å². The lowest BCUT2D eigenvalue weighted by Crippen LogP contribution is -2.30. The molecule has 1 rings (SSSR count). The zero-order chi connectivity index (χ0) is 7.78. The average molecular weight is 163 g/mol. The first-order valence-corrected chi connectivity index (χ1v) is 4.88. The summed E-state index contributed by atoms with van der Waals surface area (Å²) in [5.41, 5.74) is 0. The van der Waals surface area contributed by atoms with Gasteiger partial charge in [-0.3, -0.25) is 0 Å². The van der Waals surface area contributed by atoms with E-state index in [9.17, 15) is 9.00 Å². The van der Waals surface area contributed by atoms with Gasteiger partial charge in [-0.2, -0.15) is 0 Å². The minimum atomic E-state index is -2.39. The summed E-state index contributed by atoms with van der Waals surface area (Å²) in [4.78, 5) is 10.7. The van der Waals surface area contributed by atoms with Crippen LogP contribution in [0.15, 0.2) is 0 Å². The number of ether oxygens (including phenoxy) is 1. The monoisotopic (exact) mass is 163 g/mol. The van der Waals surface area contributed by atoms with Gasteiger partial charge in [0.1, 0.15) is 6.61 Å². The highest BCUT2D eigenvalue weighted by atomic mass is 32.2. The van der Waals surface area contributed by atoms with E-state index in [2.05, 4.69) is 10.6 Å². The molecule has 0 N–H and O–H groups in total. The molecule has 0 aromatic rings. The van der Waals surface area contributed by atoms with Gasteiger partial charge in [-0.15, -0.1) is 0 Å². The lowest BCUT2D eigenvalue weighted by Gasteiger charge is -2.12. The van der Waals surface area contributed by atoms with Crippen LogP contribution in [0.2, 0.25) is 0 Å². The minimum absolute atomic E-state index is 0.319. The fourth-order valence-electron chi connectivity index (χ4n) is 0.730. The SMILES string of the molecule is C=S(C)(=O)N1CCOC1=O. The van der Waals surface area contributed by atoms with Crippen LogP contribution in [-0.2, 0) is 14.4 Å². The van der Waals surface area contributed by atoms with Gasteiger partial charge in [0.05, 0.1) is 6.54 Å². The molecular formula is C5H9NO3S. The minimum Gasteiger partial charge on any atom is -0.447 e. The number of amides is 1. The molecule has 4 nitrogen and oxygen atoms in total. The van der Waals surface area contributed by atoms with Gasteiger partial charge in [0, 0.05) is 16.0 Å². The topological polar surface area (TPSA) is 46.6 Å². The Morgan fingerprint density at radius 3 is 2.60 bits per heavy atom. The van der Waals surface area contributed by atoms with Gasteiger partial charge in [-0.25, -0.2) is 13.3 Å². The van der Waals surface area contributed by atoms with Gasteiger partial charge < -0.3 is 4.74 Å². The Balaban J connectivity index is 2.84. The smallest absolute Gasteiger partial charge is 0.421 e. The summed E-state index contributed by atoms with van der Waals surface area (Å²) < 4.78 is 16.8. The fraction of sp³-hybridized carbons (Fsp3) is 0.600. The highest BCUT2D eigenvalue weighted by Gasteiger charge is 2.25. The summed E-state index contributed by atoms with van der Waals surface area (Å²) in [6.07, 6.45) is 0.891. The second-order valence-corrected chi connectivity index (χ2v) is 4.54. The Morgan fingerprint density at radius 1 is 1.80 bits per heavy atom. The summed E-state index contributed by atoms with van der Waals surface area (Å²) in [7, 11) is -2.39. The van der Waals surface area contributed by atoms with E-state index in [0.29, 0.717) is 13.2 Å². The quantitative estimate of drug-likeness (QED) is 0.498. The van der Waals surface area contributed by atoms with Gasteiger partial charge in [-0.05, 0) is 5.87 Å². The molecule has 58 valence electrons. The maximum Gasteiger partial charge on any atom is 0.421 e. The fourth-order valence-corrected chi connectivity index (χ4v) is 1.56. The first-order valence-electron chi connectivity index (χ1n) is 2.78. The maximum absolute atomic E-state index is 11.1. The van der Waals surface area contributed by atoms with Crippen molar-refractivity contribution in [1.82, 2.24) is 4.31 Å². The van der Waals surface area contributed by atoms with Crippen molar-refractivity contribution in [2.45, 2.75) is 0 Å². The third-order valence-electron chi connectivity index (χ3n) is 1.19. The molecule has 1 atom stereocenters. The van der Waals surface area contributed by atoms with E-state index in [1.54, 1.807) is 0 Å². The predicted molar refractivity (Wildman–Crippen MR) is 39.2 cm³/mol. The molecule has 0 radical (unpaired) electrons. The van der Waals surface area contributed by atoms with Gasteiger partial charge in [0.15, 0.2) is 0 Å². The summed E-state index contributed by atoms with van der Waals surface area (Å²) in [5, 5.41) is 0. The zero-order valence-electron chi connectivity index (χ0n) is 5.70. The lowest BCUT2D eigenvalue weighted by atomic mass is 10.7. The molecule has 0 saturated carbocycles. The number of cyclic esters (lactones) is 1. The Kier molecular flexibility index (Phi) is 1.60. The van der Waals surface area contributed by atoms with E-state index in [1.165, 1.54) is 6.26 Å². The molecule has 1 aliphatic rings. The van der Waals surface area contributed by atoms with Crippen LogP contribution in [0.1, 0.15) is 0 Å². The van der Waals surface area contributed by atoms with Crippen molar-refractivity contribution in [2.75, 3.05) is 19.4 Å². The van der Waals surface area contributed by atoms with Crippen LogP contribution in [0.4, 0.5) is 4.79 Å². The Labute approximate surface area is 59.9 Å². The molecule has 1 amide bonds. The van der Waals surface area contributed by atoms with Gasteiger partial charge >= 0.3 is 6.09 Å². The molecule has 5 heteroatoms. The molecule has 0 aliphatic carbocycles. The Morgan fingerprint density at radius 2 is 2.40 bits per heavy atom. The van der Waals surface area contributed by atoms with E-state index in [1.807, 2.05) is 0 Å². The molecule has 1 saturated heterocycles. The highest BCUT2D eigenvalue weighted by molar-refractivity contribution is 7.97. The average Bonchev–Trinajstić information content (AvgIpc) is 2.11. The predicted octanol–water partition coefficient (Wildman–Crippen LogP) is -0.300. The van der Waals surface area contributed by atoms with E-state index < -0.39 is 15.8 Å². The number of nitrogens with zero attached hydrogens (tertiary/aromatic N) is 1. The van der Waals surface area contributed by atoms with E-state index >= 15 is 0 Å². The van der Waals surface area contributed by atoms with Crippen molar-refractivity contribution >= 4 is 21.7 Å². The normalized spacial score (nSPS) is 24.1. The molecule has 1 fully saturated rings. The number of carbonyl (C=O) groups is 1. The first kappa shape index (κ1) is 7.40. The van der Waals surface area contributed by atoms with Crippen LogP contribution in [-0.4, -0.2) is 39.9 Å². The molecule has 0 spiro atoms. The standard InChI is InChI=1S/C5H9NO3S/c1-10(2,8)6-3-4-9-5(6)7/h1,3-4H2,2H3. The first-order chi connectivity index (χ1) is 4.52. The molecule has 0 aromatic carbocycles. The van der Waals surface area contributed by atoms with Gasteiger partial charge in [0.25, 0.3) is 0 Å². The van der Waals surface area contributed by atoms with Crippen LogP contribution >= 0.6 is 0 Å². The van der Waals surface area contributed by atoms with Crippen molar-refractivity contribution in [3.8, 4) is 0 Å². The summed E-state index contributed by atoms with van der Waals surface area (Å²) in [6, 6.07) is 0. The number of rotatable bonds is 1. The molecule has 1 unspecified atom stereocenters. The summed E-state index contributed by atoms with van der Waals surface area (Å²) >= 11 is 0. The van der Waals surface area contributed by atoms with E-state index in [-0.39, 0.29) is 0 Å². The van der Waals surface area contributed by atoms with Gasteiger partial charge in [-0.1, -0.05) is 0 Å². The lowest BCUT2D eigenvalue weighted by molar-refractivity contribution is 0.170. The van der Waals surface area contributed by atoms with Crippen molar-refractivity contribution in [1.29, 1.82) is 0 Å². The van der Waals surface area contributed by atoms with Crippen molar-refractivity contribution in [3.63, 3.8) is 0 Å². The van der Waals surface area contributed by atoms with Gasteiger partial charge in [0.2, 0.25) is 0 Å². The highest BCUT2D eigenvalue weighted by Crippen LogP contribution is 2.07. The molecule has 0 aromatic heterocycles. The Hall–Kier alpha value is -0.710. The van der Waals surface area contributed by atoms with Crippen molar-refractivity contribution in [3.05, 3.63) is 0 Å². The van der Waals surface area contributed by atoms with Crippen molar-refractivity contribution < 1.29 is 13.7 Å². The third kappa shape index (κ3) is 1.23. The molecule has 1 heterocycles. The van der Waals surface area contributed by atoms with Crippen LogP contribution in [0.3, 0.4) is 0 Å². The zero-order valence-corrected chi connectivity index (χ0v) is 6.52. The molecule has 0 bridgehead atoms. The van der Waals surface area contributed by atoms with Crippen LogP contribution in [0.25, 0.3) is 0 Å². The number of carbonyl (C=O) groups excluding carboxylic acids is 1. The van der Waals surface area contributed by atoms with Crippen LogP contribution in [0, 0.1) is 0 Å². The maximum atomic E-state index is 11.1. The summed E-state index contributed by atoms with van der Waals surface area (Å²) in [6.45, 7) is 0.705.